The third-order valence-corrected chi connectivity index (χ3v) is 3.59. The van der Waals surface area contributed by atoms with Crippen LogP contribution in [0.3, 0.4) is 0 Å². The monoisotopic (exact) mass is 259 g/mol. The minimum Gasteiger partial charge on any atom is -0.396 e. The maximum Gasteiger partial charge on any atom is 0.0897 e. The molecule has 1 fully saturated rings. The van der Waals surface area contributed by atoms with Crippen molar-refractivity contribution >= 4 is 0 Å². The Bertz CT molecular complexity index is 232. The predicted molar refractivity (Wildman–Crippen MR) is 72.6 cm³/mol. The average molecular weight is 259 g/mol. The summed E-state index contributed by atoms with van der Waals surface area (Å²) in [6.07, 6.45) is 4.10. The zero-order valence-corrected chi connectivity index (χ0v) is 12.0. The van der Waals surface area contributed by atoms with E-state index in [1.54, 1.807) is 0 Å². The van der Waals surface area contributed by atoms with Crippen molar-refractivity contribution in [3.63, 3.8) is 0 Å². The molecule has 1 rings (SSSR count). The first kappa shape index (κ1) is 15.9. The maximum atomic E-state index is 9.79. The van der Waals surface area contributed by atoms with E-state index in [-0.39, 0.29) is 17.6 Å². The average Bonchev–Trinajstić information content (AvgIpc) is 2.75. The van der Waals surface area contributed by atoms with Crippen LogP contribution in [-0.2, 0) is 4.74 Å². The molecule has 4 heteroatoms. The lowest BCUT2D eigenvalue weighted by molar-refractivity contribution is -0.0484. The standard InChI is InChI=1S/C14H29NO3/c1-13(2,3)18-9-12(17)8-15-10-14(11-16)6-4-5-7-14/h12,15-17H,4-11H2,1-3H3. The first-order valence-corrected chi connectivity index (χ1v) is 7.01. The van der Waals surface area contributed by atoms with E-state index in [0.717, 1.165) is 19.4 Å². The van der Waals surface area contributed by atoms with Crippen molar-refractivity contribution in [3.8, 4) is 0 Å². The molecule has 0 aromatic heterocycles. The first-order chi connectivity index (χ1) is 8.37. The number of rotatable bonds is 7. The van der Waals surface area contributed by atoms with Gasteiger partial charge in [-0.25, -0.2) is 0 Å². The van der Waals surface area contributed by atoms with E-state index in [1.807, 2.05) is 20.8 Å². The van der Waals surface area contributed by atoms with E-state index >= 15 is 0 Å². The Balaban J connectivity index is 2.16. The molecule has 1 saturated carbocycles. The quantitative estimate of drug-likeness (QED) is 0.645. The number of hydrogen-bond donors (Lipinski definition) is 3. The molecule has 18 heavy (non-hydrogen) atoms. The van der Waals surface area contributed by atoms with Crippen molar-refractivity contribution in [3.05, 3.63) is 0 Å². The molecule has 0 amide bonds. The fraction of sp³-hybridized carbons (Fsp3) is 1.00. The fourth-order valence-corrected chi connectivity index (χ4v) is 2.42. The lowest BCUT2D eigenvalue weighted by Crippen LogP contribution is -2.40. The van der Waals surface area contributed by atoms with Crippen molar-refractivity contribution in [1.82, 2.24) is 5.32 Å². The second-order valence-electron chi connectivity index (χ2n) is 6.57. The summed E-state index contributed by atoms with van der Waals surface area (Å²) in [5.41, 5.74) is -0.163. The first-order valence-electron chi connectivity index (χ1n) is 7.01. The van der Waals surface area contributed by atoms with Crippen LogP contribution < -0.4 is 5.32 Å². The van der Waals surface area contributed by atoms with Gasteiger partial charge in [-0.15, -0.1) is 0 Å². The summed E-state index contributed by atoms with van der Waals surface area (Å²) >= 11 is 0. The molecule has 4 nitrogen and oxygen atoms in total. The van der Waals surface area contributed by atoms with E-state index in [4.69, 9.17) is 4.74 Å². The van der Waals surface area contributed by atoms with Gasteiger partial charge in [0.15, 0.2) is 0 Å². The van der Waals surface area contributed by atoms with Crippen LogP contribution in [0.15, 0.2) is 0 Å². The predicted octanol–water partition coefficient (Wildman–Crippen LogP) is 1.30. The third kappa shape index (κ3) is 5.65. The Morgan fingerprint density at radius 1 is 1.28 bits per heavy atom. The van der Waals surface area contributed by atoms with Gasteiger partial charge in [0.25, 0.3) is 0 Å². The van der Waals surface area contributed by atoms with Gasteiger partial charge in [0.05, 0.1) is 18.3 Å². The molecule has 3 N–H and O–H groups in total. The fourth-order valence-electron chi connectivity index (χ4n) is 2.42. The normalized spacial score (nSPS) is 21.2. The molecule has 0 aliphatic heterocycles. The van der Waals surface area contributed by atoms with Crippen molar-refractivity contribution in [2.45, 2.75) is 58.2 Å². The van der Waals surface area contributed by atoms with Gasteiger partial charge in [-0.1, -0.05) is 12.8 Å². The van der Waals surface area contributed by atoms with Gasteiger partial charge in [-0.2, -0.15) is 0 Å². The Labute approximate surface area is 111 Å². The molecule has 0 spiro atoms. The zero-order valence-electron chi connectivity index (χ0n) is 12.0. The molecule has 0 heterocycles. The van der Waals surface area contributed by atoms with Crippen molar-refractivity contribution in [2.24, 2.45) is 5.41 Å². The second-order valence-corrected chi connectivity index (χ2v) is 6.57. The SMILES string of the molecule is CC(C)(C)OCC(O)CNCC1(CO)CCCC1. The molecule has 1 aliphatic carbocycles. The molecule has 0 saturated heterocycles. The molecular formula is C14H29NO3. The summed E-state index contributed by atoms with van der Waals surface area (Å²) in [4.78, 5) is 0. The van der Waals surface area contributed by atoms with Crippen LogP contribution >= 0.6 is 0 Å². The lowest BCUT2D eigenvalue weighted by Gasteiger charge is -2.28. The summed E-state index contributed by atoms with van der Waals surface area (Å²) < 4.78 is 5.53. The van der Waals surface area contributed by atoms with Gasteiger partial charge >= 0.3 is 0 Å². The third-order valence-electron chi connectivity index (χ3n) is 3.59. The minimum absolute atomic E-state index is 0.0462. The van der Waals surface area contributed by atoms with Crippen LogP contribution in [0.25, 0.3) is 0 Å². The van der Waals surface area contributed by atoms with Crippen LogP contribution in [0.2, 0.25) is 0 Å². The van der Waals surface area contributed by atoms with Crippen LogP contribution in [0.1, 0.15) is 46.5 Å². The van der Waals surface area contributed by atoms with Gasteiger partial charge in [-0.3, -0.25) is 0 Å². The highest BCUT2D eigenvalue weighted by atomic mass is 16.5. The zero-order chi connectivity index (χ0) is 13.6. The van der Waals surface area contributed by atoms with E-state index < -0.39 is 6.10 Å². The molecular weight excluding hydrogens is 230 g/mol. The molecule has 0 aromatic carbocycles. The number of nitrogens with one attached hydrogen (secondary N) is 1. The minimum atomic E-state index is -0.485. The Kier molecular flexibility index (Phi) is 6.05. The van der Waals surface area contributed by atoms with Crippen molar-refractivity contribution < 1.29 is 14.9 Å². The highest BCUT2D eigenvalue weighted by molar-refractivity contribution is 4.86. The lowest BCUT2D eigenvalue weighted by atomic mass is 9.87. The number of hydrogen-bond acceptors (Lipinski definition) is 4. The largest absolute Gasteiger partial charge is 0.396 e. The summed E-state index contributed by atoms with van der Waals surface area (Å²) in [5, 5.41) is 22.5. The summed E-state index contributed by atoms with van der Waals surface area (Å²) in [7, 11) is 0. The number of aliphatic hydroxyl groups is 2. The smallest absolute Gasteiger partial charge is 0.0897 e. The van der Waals surface area contributed by atoms with Crippen LogP contribution in [-0.4, -0.2) is 48.2 Å². The molecule has 1 aliphatic rings. The summed E-state index contributed by atoms with van der Waals surface area (Å²) in [6.45, 7) is 7.84. The Morgan fingerprint density at radius 3 is 2.39 bits per heavy atom. The molecule has 0 aromatic rings. The van der Waals surface area contributed by atoms with E-state index in [0.29, 0.717) is 13.2 Å². The highest BCUT2D eigenvalue weighted by Crippen LogP contribution is 2.36. The van der Waals surface area contributed by atoms with Crippen LogP contribution in [0.5, 0.6) is 0 Å². The number of aliphatic hydroxyl groups excluding tert-OH is 2. The molecule has 1 unspecified atom stereocenters. The van der Waals surface area contributed by atoms with Crippen LogP contribution in [0.4, 0.5) is 0 Å². The van der Waals surface area contributed by atoms with Crippen LogP contribution in [0, 0.1) is 5.41 Å². The van der Waals surface area contributed by atoms with Gasteiger partial charge in [0.1, 0.15) is 0 Å². The highest BCUT2D eigenvalue weighted by Gasteiger charge is 2.32. The summed E-state index contributed by atoms with van der Waals surface area (Å²) in [5.74, 6) is 0. The second kappa shape index (κ2) is 6.85. The van der Waals surface area contributed by atoms with Gasteiger partial charge < -0.3 is 20.3 Å². The van der Waals surface area contributed by atoms with Gasteiger partial charge in [0.2, 0.25) is 0 Å². The Hall–Kier alpha value is -0.160. The molecule has 0 bridgehead atoms. The molecule has 1 atom stereocenters. The number of ether oxygens (including phenoxy) is 1. The van der Waals surface area contributed by atoms with Crippen molar-refractivity contribution in [1.29, 1.82) is 0 Å². The maximum absolute atomic E-state index is 9.79. The summed E-state index contributed by atoms with van der Waals surface area (Å²) in [6, 6.07) is 0. The Morgan fingerprint density at radius 2 is 1.89 bits per heavy atom. The van der Waals surface area contributed by atoms with Gasteiger partial charge in [0, 0.05) is 25.1 Å². The van der Waals surface area contributed by atoms with E-state index in [1.165, 1.54) is 12.8 Å². The van der Waals surface area contributed by atoms with E-state index in [9.17, 15) is 10.2 Å². The molecule has 108 valence electrons. The molecule has 0 radical (unpaired) electrons. The topological polar surface area (TPSA) is 61.7 Å². The van der Waals surface area contributed by atoms with Crippen molar-refractivity contribution in [2.75, 3.05) is 26.3 Å². The van der Waals surface area contributed by atoms with E-state index in [2.05, 4.69) is 5.32 Å². The van der Waals surface area contributed by atoms with Gasteiger partial charge in [-0.05, 0) is 33.6 Å².